The summed E-state index contributed by atoms with van der Waals surface area (Å²) in [6.07, 6.45) is 1.58. The van der Waals surface area contributed by atoms with Gasteiger partial charge in [-0.1, -0.05) is 14.9 Å². The first-order valence-corrected chi connectivity index (χ1v) is 23.6. The maximum atomic E-state index is 12.6. The predicted molar refractivity (Wildman–Crippen MR) is 268 cm³/mol. The number of nitrogens with zero attached hydrogens (tertiary/aromatic N) is 7. The second kappa shape index (κ2) is 18.6. The fraction of sp³-hybridized carbons (Fsp3) is 0.319. The van der Waals surface area contributed by atoms with Gasteiger partial charge in [0.2, 0.25) is 34.1 Å². The molecule has 0 saturated carbocycles. The first kappa shape index (κ1) is 46.1. The van der Waals surface area contributed by atoms with E-state index in [4.69, 9.17) is 42.6 Å². The largest absolute Gasteiger partial charge is 0.420 e. The number of halogens is 2. The minimum Gasteiger partial charge on any atom is -0.420 e. The summed E-state index contributed by atoms with van der Waals surface area (Å²) in [7, 11) is 2.06. The number of nitrogens with one attached hydrogen (secondary N) is 5. The van der Waals surface area contributed by atoms with Crippen molar-refractivity contribution in [3.05, 3.63) is 91.4 Å². The Balaban J connectivity index is 0.000000163. The number of amides is 2. The zero-order chi connectivity index (χ0) is 44.5. The lowest BCUT2D eigenvalue weighted by Gasteiger charge is -2.25. The first-order chi connectivity index (χ1) is 31.5. The van der Waals surface area contributed by atoms with Crippen LogP contribution in [0.5, 0.6) is 23.5 Å². The summed E-state index contributed by atoms with van der Waals surface area (Å²) in [5.41, 5.74) is 6.98. The van der Waals surface area contributed by atoms with Gasteiger partial charge in [-0.25, -0.2) is 19.9 Å². The van der Waals surface area contributed by atoms with Gasteiger partial charge in [0.05, 0.1) is 44.9 Å². The van der Waals surface area contributed by atoms with E-state index in [2.05, 4.69) is 58.5 Å². The molecule has 20 heteroatoms. The van der Waals surface area contributed by atoms with Crippen LogP contribution in [0.4, 0.5) is 11.4 Å². The first-order valence-electron chi connectivity index (χ1n) is 21.2. The number of ether oxygens (including phenoxy) is 2. The maximum Gasteiger partial charge on any atom is 0.263 e. The van der Waals surface area contributed by atoms with E-state index in [1.807, 2.05) is 62.4 Å². The molecule has 4 aliphatic heterocycles. The van der Waals surface area contributed by atoms with Crippen LogP contribution in [0.1, 0.15) is 70.6 Å². The maximum absolute atomic E-state index is 12.6. The van der Waals surface area contributed by atoms with Crippen LogP contribution in [0.15, 0.2) is 48.5 Å². The summed E-state index contributed by atoms with van der Waals surface area (Å²) in [5, 5.41) is 20.6. The Hall–Kier alpha value is -6.02. The van der Waals surface area contributed by atoms with Gasteiger partial charge in [-0.05, 0) is 80.5 Å². The fourth-order valence-corrected chi connectivity index (χ4v) is 11.2. The number of carbonyl (C=O) groups is 2. The van der Waals surface area contributed by atoms with Gasteiger partial charge in [-0.3, -0.25) is 9.59 Å². The highest BCUT2D eigenvalue weighted by Crippen LogP contribution is 2.43. The molecule has 0 aliphatic carbocycles. The predicted octanol–water partition coefficient (Wildman–Crippen LogP) is 9.36. The van der Waals surface area contributed by atoms with Gasteiger partial charge in [-0.2, -0.15) is 9.97 Å². The summed E-state index contributed by atoms with van der Waals surface area (Å²) in [4.78, 5) is 55.6. The number of fused-ring (bicyclic) bond motifs is 12. The summed E-state index contributed by atoms with van der Waals surface area (Å²) in [6.45, 7) is 8.40. The number of hydrogen-bond donors (Lipinski definition) is 5. The van der Waals surface area contributed by atoms with Crippen LogP contribution in [0, 0.1) is 0 Å². The van der Waals surface area contributed by atoms with Gasteiger partial charge < -0.3 is 41.0 Å². The van der Waals surface area contributed by atoms with Crippen LogP contribution in [0.2, 0.25) is 10.6 Å². The Kier molecular flexibility index (Phi) is 12.8. The molecule has 0 radical (unpaired) electrons. The van der Waals surface area contributed by atoms with Gasteiger partial charge in [0.25, 0.3) is 11.8 Å². The van der Waals surface area contributed by atoms with Crippen molar-refractivity contribution in [1.29, 1.82) is 0 Å². The molecule has 2 aromatic carbocycles. The molecule has 0 saturated heterocycles. The van der Waals surface area contributed by atoms with Crippen LogP contribution >= 0.6 is 45.9 Å². The number of anilines is 2. The number of thiophene rings is 2. The SMILES string of the molecule is C.C.C[C@@H]1CNc2c(sc3ccc4nc(Oc5nc(Cl)nc6c5CN(C)CC6)ccc4c23)C(=O)N1.C[C@@H]1CNc2c(sc3ccc4nc(Oc5nc(Cl)nc6c5CNCC6)ccc4c23)C(=O)N1. The third-order valence-electron chi connectivity index (χ3n) is 11.8. The molecule has 2 atom stereocenters. The van der Waals surface area contributed by atoms with Crippen LogP contribution in [-0.4, -0.2) is 91.9 Å². The molecule has 2 amide bonds. The Bertz CT molecular complexity index is 3270. The van der Waals surface area contributed by atoms with E-state index in [0.717, 1.165) is 102 Å². The number of pyridine rings is 2. The summed E-state index contributed by atoms with van der Waals surface area (Å²) in [5.74, 6) is 1.66. The molecule has 5 N–H and O–H groups in total. The minimum absolute atomic E-state index is 0. The summed E-state index contributed by atoms with van der Waals surface area (Å²) in [6, 6.07) is 15.7. The average Bonchev–Trinajstić information content (AvgIpc) is 3.78. The molecule has 4 aliphatic rings. The van der Waals surface area contributed by atoms with Crippen molar-refractivity contribution in [2.24, 2.45) is 0 Å². The number of likely N-dealkylation sites (N-methyl/N-ethyl adjacent to an activating group) is 1. The van der Waals surface area contributed by atoms with Crippen LogP contribution in [0.25, 0.3) is 42.0 Å². The molecular weight excluding hydrogens is 932 g/mol. The number of carbonyl (C=O) groups excluding carboxylic acids is 2. The smallest absolute Gasteiger partial charge is 0.263 e. The number of rotatable bonds is 4. The molecule has 6 aromatic heterocycles. The molecule has 0 spiro atoms. The van der Waals surface area contributed by atoms with E-state index in [1.165, 1.54) is 22.7 Å². The Morgan fingerprint density at radius 1 is 0.657 bits per heavy atom. The normalized spacial score (nSPS) is 17.6. The quantitative estimate of drug-likeness (QED) is 0.105. The van der Waals surface area contributed by atoms with Crippen LogP contribution < -0.4 is 36.1 Å². The highest BCUT2D eigenvalue weighted by Gasteiger charge is 2.28. The number of aromatic nitrogens is 6. The Morgan fingerprint density at radius 3 is 1.70 bits per heavy atom. The molecule has 0 bridgehead atoms. The monoisotopic (exact) mass is 978 g/mol. The molecule has 0 unspecified atom stereocenters. The molecule has 12 rings (SSSR count). The third-order valence-corrected chi connectivity index (χ3v) is 14.4. The minimum atomic E-state index is -0.0428. The topological polar surface area (TPSA) is 193 Å². The molecular formula is C47H48Cl2N12O4S2. The lowest BCUT2D eigenvalue weighted by atomic mass is 10.1. The van der Waals surface area contributed by atoms with Crippen LogP contribution in [0.3, 0.4) is 0 Å². The zero-order valence-electron chi connectivity index (χ0n) is 35.3. The molecule has 346 valence electrons. The van der Waals surface area contributed by atoms with E-state index < -0.39 is 0 Å². The second-order valence-corrected chi connectivity index (χ2v) is 19.3. The fourth-order valence-electron chi connectivity index (χ4n) is 8.67. The second-order valence-electron chi connectivity index (χ2n) is 16.5. The number of benzene rings is 2. The Labute approximate surface area is 404 Å². The highest BCUT2D eigenvalue weighted by atomic mass is 35.5. The van der Waals surface area contributed by atoms with Crippen molar-refractivity contribution in [3.63, 3.8) is 0 Å². The standard InChI is InChI=1S/C23H21ClN6O2S.C22H19ClN6O2S.2CH4/c1-11-9-25-19-18-12-3-6-17(27-14(12)4-5-16(18)33-20(19)21(31)26-11)32-22-13-10-30(2)8-7-15(13)28-23(24)29-22;1-10-8-25-18-17-11-2-5-16(27-13(11)3-4-15(17)32-19(18)20(30)26-10)31-21-12-9-24-7-6-14(12)28-22(23)29-21;;/h3-6,11,25H,7-10H2,1-2H3,(H,26,31);2-5,10,24-25H,6-9H2,1H3,(H,26,30);2*1H4/t11-;10-;;/m11../s1. The highest BCUT2D eigenvalue weighted by molar-refractivity contribution is 7.22. The van der Waals surface area contributed by atoms with Gasteiger partial charge >= 0.3 is 0 Å². The lowest BCUT2D eigenvalue weighted by Crippen LogP contribution is -2.34. The third kappa shape index (κ3) is 8.73. The van der Waals surface area contributed by atoms with E-state index in [0.29, 0.717) is 59.5 Å². The molecule has 0 fully saturated rings. The molecule has 16 nitrogen and oxygen atoms in total. The van der Waals surface area contributed by atoms with Gasteiger partial charge in [0.1, 0.15) is 9.75 Å². The summed E-state index contributed by atoms with van der Waals surface area (Å²) < 4.78 is 14.3. The van der Waals surface area contributed by atoms with Gasteiger partial charge in [-0.15, -0.1) is 22.7 Å². The van der Waals surface area contributed by atoms with E-state index >= 15 is 0 Å². The van der Waals surface area contributed by atoms with Gasteiger partial charge in [0.15, 0.2) is 0 Å². The van der Waals surface area contributed by atoms with Crippen molar-refractivity contribution in [2.45, 2.75) is 66.7 Å². The van der Waals surface area contributed by atoms with Crippen molar-refractivity contribution in [2.75, 3.05) is 43.9 Å². The van der Waals surface area contributed by atoms with E-state index in [9.17, 15) is 9.59 Å². The average molecular weight is 980 g/mol. The summed E-state index contributed by atoms with van der Waals surface area (Å²) >= 11 is 15.3. The van der Waals surface area contributed by atoms with Crippen molar-refractivity contribution >= 4 is 111 Å². The van der Waals surface area contributed by atoms with Crippen molar-refractivity contribution < 1.29 is 19.1 Å². The van der Waals surface area contributed by atoms with Crippen molar-refractivity contribution in [3.8, 4) is 23.5 Å². The molecule has 8 aromatic rings. The lowest BCUT2D eigenvalue weighted by molar-refractivity contribution is 0.0940. The number of hydrogen-bond acceptors (Lipinski definition) is 16. The van der Waals surface area contributed by atoms with Crippen molar-refractivity contribution in [1.82, 2.24) is 50.8 Å². The van der Waals surface area contributed by atoms with E-state index in [1.54, 1.807) is 0 Å². The Morgan fingerprint density at radius 2 is 1.16 bits per heavy atom. The van der Waals surface area contributed by atoms with Crippen LogP contribution in [-0.2, 0) is 25.9 Å². The van der Waals surface area contributed by atoms with Gasteiger partial charge in [0, 0.05) is 107 Å². The van der Waals surface area contributed by atoms with E-state index in [-0.39, 0.29) is 49.3 Å². The molecule has 10 heterocycles. The zero-order valence-corrected chi connectivity index (χ0v) is 38.4. The molecule has 67 heavy (non-hydrogen) atoms.